The van der Waals surface area contributed by atoms with Crippen molar-refractivity contribution >= 4 is 16.6 Å². The van der Waals surface area contributed by atoms with Crippen molar-refractivity contribution in [3.63, 3.8) is 0 Å². The molecule has 162 valence electrons. The summed E-state index contributed by atoms with van der Waals surface area (Å²) in [7, 11) is 0. The molecule has 2 aromatic heterocycles. The van der Waals surface area contributed by atoms with Crippen LogP contribution in [0.5, 0.6) is 0 Å². The van der Waals surface area contributed by atoms with Crippen LogP contribution in [0.4, 0.5) is 18.9 Å². The Morgan fingerprint density at radius 2 is 1.84 bits per heavy atom. The molecule has 9 heteroatoms. The minimum absolute atomic E-state index is 0.204. The highest BCUT2D eigenvalue weighted by Crippen LogP contribution is 2.34. The van der Waals surface area contributed by atoms with Gasteiger partial charge in [-0.3, -0.25) is 0 Å². The van der Waals surface area contributed by atoms with Crippen molar-refractivity contribution in [2.45, 2.75) is 20.0 Å². The number of benzene rings is 2. The van der Waals surface area contributed by atoms with Crippen molar-refractivity contribution in [1.82, 2.24) is 19.5 Å². The number of aromatic nitrogens is 4. The highest BCUT2D eigenvalue weighted by atomic mass is 19.4. The molecule has 0 atom stereocenters. The van der Waals surface area contributed by atoms with Crippen LogP contribution in [0, 0.1) is 6.92 Å². The minimum atomic E-state index is -4.51. The second-order valence-electron chi connectivity index (χ2n) is 7.59. The first-order valence-electron chi connectivity index (χ1n) is 9.89. The van der Waals surface area contributed by atoms with E-state index in [0.29, 0.717) is 23.4 Å². The number of allylic oxidation sites excluding steroid dienone is 1. The third-order valence-electron chi connectivity index (χ3n) is 5.17. The lowest BCUT2D eigenvalue weighted by atomic mass is 10.1. The average Bonchev–Trinajstić information content (AvgIpc) is 3.40. The van der Waals surface area contributed by atoms with Crippen molar-refractivity contribution in [1.29, 1.82) is 0 Å². The first-order valence-corrected chi connectivity index (χ1v) is 9.89. The van der Waals surface area contributed by atoms with Crippen LogP contribution >= 0.6 is 0 Å². The van der Waals surface area contributed by atoms with E-state index in [0.717, 1.165) is 29.0 Å². The lowest BCUT2D eigenvalue weighted by molar-refractivity contribution is -0.137. The summed E-state index contributed by atoms with van der Waals surface area (Å²) in [5.41, 5.74) is 1.93. The smallest absolute Gasteiger partial charge is 0.384 e. The SMILES string of the molecule is CC1=CCN(c2ccc3cnc(-c4cc(-n5cnc(C)c5)cc(C(F)(F)F)c4)nc3c2)O1. The Morgan fingerprint density at radius 3 is 2.53 bits per heavy atom. The Kier molecular flexibility index (Phi) is 4.61. The average molecular weight is 437 g/mol. The van der Waals surface area contributed by atoms with E-state index in [2.05, 4.69) is 15.0 Å². The van der Waals surface area contributed by atoms with Crippen molar-refractivity contribution in [3.8, 4) is 17.1 Å². The summed E-state index contributed by atoms with van der Waals surface area (Å²) in [6.07, 6.45) is 2.20. The fourth-order valence-electron chi connectivity index (χ4n) is 3.54. The number of fused-ring (bicyclic) bond motifs is 1. The molecule has 1 aliphatic rings. The third kappa shape index (κ3) is 3.77. The van der Waals surface area contributed by atoms with E-state index < -0.39 is 11.7 Å². The van der Waals surface area contributed by atoms with Gasteiger partial charge in [-0.1, -0.05) is 0 Å². The Morgan fingerprint density at radius 1 is 1.00 bits per heavy atom. The summed E-state index contributed by atoms with van der Waals surface area (Å²) in [6.45, 7) is 4.25. The maximum Gasteiger partial charge on any atom is 0.416 e. The molecule has 0 spiro atoms. The maximum absolute atomic E-state index is 13.6. The number of alkyl halides is 3. The molecular weight excluding hydrogens is 419 g/mol. The van der Waals surface area contributed by atoms with Crippen molar-refractivity contribution in [2.75, 3.05) is 11.6 Å². The maximum atomic E-state index is 13.6. The van der Waals surface area contributed by atoms with Gasteiger partial charge in [0.25, 0.3) is 0 Å². The van der Waals surface area contributed by atoms with E-state index in [4.69, 9.17) is 4.84 Å². The van der Waals surface area contributed by atoms with Crippen LogP contribution in [0.3, 0.4) is 0 Å². The number of rotatable bonds is 3. The van der Waals surface area contributed by atoms with Crippen LogP contribution in [0.2, 0.25) is 0 Å². The lowest BCUT2D eigenvalue weighted by Crippen LogP contribution is -2.17. The monoisotopic (exact) mass is 437 g/mol. The second-order valence-corrected chi connectivity index (χ2v) is 7.59. The summed E-state index contributed by atoms with van der Waals surface area (Å²) >= 11 is 0. The second kappa shape index (κ2) is 7.37. The summed E-state index contributed by atoms with van der Waals surface area (Å²) in [6, 6.07) is 9.36. The number of aryl methyl sites for hydroxylation is 1. The van der Waals surface area contributed by atoms with Crippen molar-refractivity contribution in [2.24, 2.45) is 0 Å². The molecule has 2 aromatic carbocycles. The Hall–Kier alpha value is -3.88. The van der Waals surface area contributed by atoms with Gasteiger partial charge < -0.3 is 9.40 Å². The van der Waals surface area contributed by atoms with Gasteiger partial charge in [-0.25, -0.2) is 20.0 Å². The topological polar surface area (TPSA) is 56.1 Å². The molecule has 0 N–H and O–H groups in total. The highest BCUT2D eigenvalue weighted by molar-refractivity contribution is 5.83. The van der Waals surface area contributed by atoms with Crippen LogP contribution in [0.1, 0.15) is 18.2 Å². The van der Waals surface area contributed by atoms with Crippen molar-refractivity contribution in [3.05, 3.63) is 78.2 Å². The Labute approximate surface area is 181 Å². The molecule has 3 heterocycles. The molecule has 5 rings (SSSR count). The summed E-state index contributed by atoms with van der Waals surface area (Å²) in [5, 5.41) is 2.50. The van der Waals surface area contributed by atoms with E-state index >= 15 is 0 Å². The van der Waals surface area contributed by atoms with Gasteiger partial charge in [-0.05, 0) is 56.3 Å². The number of hydroxylamine groups is 1. The third-order valence-corrected chi connectivity index (χ3v) is 5.17. The largest absolute Gasteiger partial charge is 0.416 e. The zero-order valence-electron chi connectivity index (χ0n) is 17.3. The van der Waals surface area contributed by atoms with E-state index in [1.807, 2.05) is 31.2 Å². The van der Waals surface area contributed by atoms with Crippen molar-refractivity contribution < 1.29 is 18.0 Å². The van der Waals surface area contributed by atoms with Gasteiger partial charge in [-0.2, -0.15) is 13.2 Å². The Balaban J connectivity index is 1.60. The van der Waals surface area contributed by atoms with Gasteiger partial charge >= 0.3 is 6.18 Å². The quantitative estimate of drug-likeness (QED) is 0.426. The molecule has 0 unspecified atom stereocenters. The predicted octanol–water partition coefficient (Wildman–Crippen LogP) is 5.47. The first kappa shape index (κ1) is 20.0. The van der Waals surface area contributed by atoms with E-state index in [1.165, 1.54) is 6.33 Å². The summed E-state index contributed by atoms with van der Waals surface area (Å²) in [5.74, 6) is 1.01. The molecule has 0 saturated heterocycles. The number of halogens is 3. The normalized spacial score (nSPS) is 14.0. The van der Waals surface area contributed by atoms with E-state index in [1.54, 1.807) is 35.0 Å². The number of imidazole rings is 1. The molecule has 0 aliphatic carbocycles. The molecule has 4 aromatic rings. The molecule has 6 nitrogen and oxygen atoms in total. The van der Waals surface area contributed by atoms with Crippen LogP contribution < -0.4 is 5.06 Å². The van der Waals surface area contributed by atoms with E-state index in [9.17, 15) is 13.2 Å². The number of hydrogen-bond donors (Lipinski definition) is 0. The van der Waals surface area contributed by atoms with Gasteiger partial charge in [-0.15, -0.1) is 0 Å². The van der Waals surface area contributed by atoms with Gasteiger partial charge in [0, 0.05) is 29.0 Å². The lowest BCUT2D eigenvalue weighted by Gasteiger charge is -2.18. The minimum Gasteiger partial charge on any atom is -0.384 e. The molecule has 32 heavy (non-hydrogen) atoms. The molecule has 0 radical (unpaired) electrons. The van der Waals surface area contributed by atoms with Gasteiger partial charge in [0.1, 0.15) is 5.76 Å². The van der Waals surface area contributed by atoms with Crippen LogP contribution in [0.15, 0.2) is 67.0 Å². The summed E-state index contributed by atoms with van der Waals surface area (Å²) < 4.78 is 42.4. The standard InChI is InChI=1S/C23H18F3N5O/c1-14-12-30(13-28-14)20-8-17(7-18(9-20)23(24,25)26)22-27-11-16-3-4-19(10-21(16)29-22)31-6-5-15(2)32-31/h3-5,7-13H,6H2,1-2H3. The first-order chi connectivity index (χ1) is 15.3. The number of nitrogens with zero attached hydrogens (tertiary/aromatic N) is 5. The fraction of sp³-hybridized carbons (Fsp3) is 0.174. The molecule has 0 fully saturated rings. The fourth-order valence-corrected chi connectivity index (χ4v) is 3.54. The number of anilines is 1. The van der Waals surface area contributed by atoms with Gasteiger partial charge in [0.2, 0.25) is 0 Å². The van der Waals surface area contributed by atoms with Gasteiger partial charge in [0.05, 0.1) is 35.3 Å². The molecule has 1 aliphatic heterocycles. The predicted molar refractivity (Wildman–Crippen MR) is 114 cm³/mol. The molecule has 0 amide bonds. The molecule has 0 bridgehead atoms. The number of hydrogen-bond acceptors (Lipinski definition) is 5. The molecule has 0 saturated carbocycles. The zero-order chi connectivity index (χ0) is 22.5. The Bertz CT molecular complexity index is 1360. The summed E-state index contributed by atoms with van der Waals surface area (Å²) in [4.78, 5) is 18.6. The van der Waals surface area contributed by atoms with Crippen LogP contribution in [-0.4, -0.2) is 26.1 Å². The van der Waals surface area contributed by atoms with Crippen LogP contribution in [0.25, 0.3) is 28.0 Å². The highest BCUT2D eigenvalue weighted by Gasteiger charge is 2.31. The van der Waals surface area contributed by atoms with Crippen LogP contribution in [-0.2, 0) is 11.0 Å². The van der Waals surface area contributed by atoms with Gasteiger partial charge in [0.15, 0.2) is 5.82 Å². The zero-order valence-corrected chi connectivity index (χ0v) is 17.3. The molecular formula is C23H18F3N5O. The van der Waals surface area contributed by atoms with E-state index in [-0.39, 0.29) is 11.4 Å².